The minimum atomic E-state index is 0.545. The Labute approximate surface area is 116 Å². The molecule has 2 aromatic carbocycles. The molecule has 0 aliphatic carbocycles. The number of ether oxygens (including phenoxy) is 2. The van der Waals surface area contributed by atoms with Crippen LogP contribution in [0.5, 0.6) is 11.5 Å². The van der Waals surface area contributed by atoms with E-state index in [1.54, 1.807) is 7.11 Å². The highest BCUT2D eigenvalue weighted by Gasteiger charge is 1.99. The number of rotatable bonds is 5. The van der Waals surface area contributed by atoms with Gasteiger partial charge in [0, 0.05) is 5.33 Å². The zero-order valence-electron chi connectivity index (χ0n) is 10.2. The molecule has 0 aliphatic rings. The summed E-state index contributed by atoms with van der Waals surface area (Å²) in [6.07, 6.45) is 0. The number of benzene rings is 2. The molecule has 3 heteroatoms. The third kappa shape index (κ3) is 3.50. The Morgan fingerprint density at radius 2 is 1.61 bits per heavy atom. The summed E-state index contributed by atoms with van der Waals surface area (Å²) in [6.45, 7) is 0.545. The normalized spacial score (nSPS) is 10.1. The second-order valence-corrected chi connectivity index (χ2v) is 4.48. The fourth-order valence-corrected chi connectivity index (χ4v) is 2.00. The fourth-order valence-electron chi connectivity index (χ4n) is 1.65. The second kappa shape index (κ2) is 6.45. The lowest BCUT2D eigenvalue weighted by Gasteiger charge is -2.08. The quantitative estimate of drug-likeness (QED) is 0.772. The van der Waals surface area contributed by atoms with Crippen molar-refractivity contribution in [3.8, 4) is 11.5 Å². The van der Waals surface area contributed by atoms with Crippen molar-refractivity contribution >= 4 is 15.9 Å². The molecule has 0 fully saturated rings. The topological polar surface area (TPSA) is 18.5 Å². The van der Waals surface area contributed by atoms with E-state index in [1.165, 1.54) is 5.56 Å². The minimum Gasteiger partial charge on any atom is -0.497 e. The third-order valence-electron chi connectivity index (χ3n) is 2.59. The molecule has 0 bridgehead atoms. The third-order valence-corrected chi connectivity index (χ3v) is 3.24. The highest BCUT2D eigenvalue weighted by molar-refractivity contribution is 9.08. The van der Waals surface area contributed by atoms with E-state index in [0.29, 0.717) is 6.61 Å². The van der Waals surface area contributed by atoms with E-state index in [1.807, 2.05) is 42.5 Å². The minimum absolute atomic E-state index is 0.545. The van der Waals surface area contributed by atoms with E-state index >= 15 is 0 Å². The first-order valence-corrected chi connectivity index (χ1v) is 6.84. The van der Waals surface area contributed by atoms with Gasteiger partial charge < -0.3 is 9.47 Å². The molecule has 0 amide bonds. The maximum atomic E-state index is 5.76. The van der Waals surface area contributed by atoms with E-state index in [9.17, 15) is 0 Å². The van der Waals surface area contributed by atoms with Crippen LogP contribution in [0.1, 0.15) is 11.1 Å². The van der Waals surface area contributed by atoms with Gasteiger partial charge in [-0.2, -0.15) is 0 Å². The average Bonchev–Trinajstić information content (AvgIpc) is 2.45. The maximum absolute atomic E-state index is 5.76. The Bertz CT molecular complexity index is 464. The van der Waals surface area contributed by atoms with Crippen molar-refractivity contribution in [3.05, 3.63) is 59.7 Å². The van der Waals surface area contributed by atoms with Gasteiger partial charge in [0.25, 0.3) is 0 Å². The van der Waals surface area contributed by atoms with Gasteiger partial charge in [-0.1, -0.05) is 40.2 Å². The van der Waals surface area contributed by atoms with Crippen molar-refractivity contribution < 1.29 is 9.47 Å². The van der Waals surface area contributed by atoms with Crippen LogP contribution in [0.3, 0.4) is 0 Å². The lowest BCUT2D eigenvalue weighted by molar-refractivity contribution is 0.305. The molecular weight excluding hydrogens is 292 g/mol. The molecule has 2 rings (SSSR count). The standard InChI is InChI=1S/C15H15BrO2/c1-17-14-6-3-5-13(9-14)11-18-15-7-2-4-12(8-15)10-16/h2-9H,10-11H2,1H3. The molecule has 0 aliphatic heterocycles. The van der Waals surface area contributed by atoms with Crippen LogP contribution in [-0.2, 0) is 11.9 Å². The smallest absolute Gasteiger partial charge is 0.120 e. The number of hydrogen-bond acceptors (Lipinski definition) is 2. The lowest BCUT2D eigenvalue weighted by atomic mass is 10.2. The Morgan fingerprint density at radius 3 is 2.33 bits per heavy atom. The van der Waals surface area contributed by atoms with Crippen LogP contribution in [0.15, 0.2) is 48.5 Å². The predicted molar refractivity (Wildman–Crippen MR) is 76.4 cm³/mol. The summed E-state index contributed by atoms with van der Waals surface area (Å²) in [5.41, 5.74) is 2.30. The fraction of sp³-hybridized carbons (Fsp3) is 0.200. The summed E-state index contributed by atoms with van der Waals surface area (Å²) in [7, 11) is 1.67. The summed E-state index contributed by atoms with van der Waals surface area (Å²) in [5, 5.41) is 0.837. The molecular formula is C15H15BrO2. The molecule has 94 valence electrons. The molecule has 0 radical (unpaired) electrons. The van der Waals surface area contributed by atoms with Crippen molar-refractivity contribution in [1.82, 2.24) is 0 Å². The maximum Gasteiger partial charge on any atom is 0.120 e. The van der Waals surface area contributed by atoms with Gasteiger partial charge in [-0.25, -0.2) is 0 Å². The zero-order chi connectivity index (χ0) is 12.8. The SMILES string of the molecule is COc1cccc(COc2cccc(CBr)c2)c1. The van der Waals surface area contributed by atoms with Gasteiger partial charge in [0.1, 0.15) is 18.1 Å². The van der Waals surface area contributed by atoms with Crippen molar-refractivity contribution in [3.63, 3.8) is 0 Å². The largest absolute Gasteiger partial charge is 0.497 e. The number of methoxy groups -OCH3 is 1. The van der Waals surface area contributed by atoms with E-state index in [4.69, 9.17) is 9.47 Å². The Kier molecular flexibility index (Phi) is 4.65. The molecule has 0 spiro atoms. The molecule has 0 saturated heterocycles. The highest BCUT2D eigenvalue weighted by atomic mass is 79.9. The summed E-state index contributed by atoms with van der Waals surface area (Å²) in [4.78, 5) is 0. The monoisotopic (exact) mass is 306 g/mol. The van der Waals surface area contributed by atoms with Crippen LogP contribution in [0, 0.1) is 0 Å². The molecule has 2 aromatic rings. The van der Waals surface area contributed by atoms with Crippen molar-refractivity contribution in [1.29, 1.82) is 0 Å². The van der Waals surface area contributed by atoms with Crippen molar-refractivity contribution in [2.45, 2.75) is 11.9 Å². The van der Waals surface area contributed by atoms with Gasteiger partial charge in [0.2, 0.25) is 0 Å². The van der Waals surface area contributed by atoms with Gasteiger partial charge in [0.15, 0.2) is 0 Å². The van der Waals surface area contributed by atoms with Gasteiger partial charge in [-0.15, -0.1) is 0 Å². The summed E-state index contributed by atoms with van der Waals surface area (Å²) >= 11 is 3.43. The molecule has 0 saturated carbocycles. The second-order valence-electron chi connectivity index (χ2n) is 3.92. The van der Waals surface area contributed by atoms with E-state index in [0.717, 1.165) is 22.4 Å². The van der Waals surface area contributed by atoms with Crippen LogP contribution >= 0.6 is 15.9 Å². The molecule has 2 nitrogen and oxygen atoms in total. The van der Waals surface area contributed by atoms with Crippen LogP contribution in [0.2, 0.25) is 0 Å². The van der Waals surface area contributed by atoms with E-state index in [2.05, 4.69) is 22.0 Å². The van der Waals surface area contributed by atoms with Crippen molar-refractivity contribution in [2.24, 2.45) is 0 Å². The zero-order valence-corrected chi connectivity index (χ0v) is 11.8. The van der Waals surface area contributed by atoms with Crippen molar-refractivity contribution in [2.75, 3.05) is 7.11 Å². The van der Waals surface area contributed by atoms with E-state index < -0.39 is 0 Å². The molecule has 0 aromatic heterocycles. The molecule has 0 unspecified atom stereocenters. The van der Waals surface area contributed by atoms with Gasteiger partial charge in [0.05, 0.1) is 7.11 Å². The molecule has 0 heterocycles. The number of halogens is 1. The molecule has 0 atom stereocenters. The molecule has 0 N–H and O–H groups in total. The lowest BCUT2D eigenvalue weighted by Crippen LogP contribution is -1.96. The van der Waals surface area contributed by atoms with E-state index in [-0.39, 0.29) is 0 Å². The summed E-state index contributed by atoms with van der Waals surface area (Å²) < 4.78 is 10.9. The molecule has 18 heavy (non-hydrogen) atoms. The highest BCUT2D eigenvalue weighted by Crippen LogP contribution is 2.18. The number of alkyl halides is 1. The van der Waals surface area contributed by atoms with Gasteiger partial charge in [-0.3, -0.25) is 0 Å². The Balaban J connectivity index is 2.01. The Hall–Kier alpha value is -1.48. The predicted octanol–water partition coefficient (Wildman–Crippen LogP) is 4.17. The van der Waals surface area contributed by atoms with Crippen LogP contribution in [-0.4, -0.2) is 7.11 Å². The first kappa shape index (κ1) is 13.0. The van der Waals surface area contributed by atoms with Crippen LogP contribution in [0.4, 0.5) is 0 Å². The van der Waals surface area contributed by atoms with Crippen LogP contribution in [0.25, 0.3) is 0 Å². The summed E-state index contributed by atoms with van der Waals surface area (Å²) in [5.74, 6) is 1.74. The Morgan fingerprint density at radius 1 is 0.944 bits per heavy atom. The first-order valence-electron chi connectivity index (χ1n) is 5.72. The van der Waals surface area contributed by atoms with Crippen LogP contribution < -0.4 is 9.47 Å². The van der Waals surface area contributed by atoms with Gasteiger partial charge >= 0.3 is 0 Å². The first-order chi connectivity index (χ1) is 8.81. The van der Waals surface area contributed by atoms with Gasteiger partial charge in [-0.05, 0) is 35.4 Å². The summed E-state index contributed by atoms with van der Waals surface area (Å²) in [6, 6.07) is 16.0. The average molecular weight is 307 g/mol. The number of hydrogen-bond donors (Lipinski definition) is 0.